The highest BCUT2D eigenvalue weighted by Gasteiger charge is 2.26. The Labute approximate surface area is 180 Å². The molecule has 0 bridgehead atoms. The van der Waals surface area contributed by atoms with Crippen LogP contribution >= 0.6 is 24.8 Å². The van der Waals surface area contributed by atoms with Crippen LogP contribution in [-0.2, 0) is 5.54 Å². The minimum Gasteiger partial charge on any atom is -0.348 e. The van der Waals surface area contributed by atoms with Crippen molar-refractivity contribution in [2.24, 2.45) is 0 Å². The van der Waals surface area contributed by atoms with Crippen LogP contribution < -0.4 is 10.6 Å². The van der Waals surface area contributed by atoms with Gasteiger partial charge in [0.05, 0.1) is 22.2 Å². The van der Waals surface area contributed by atoms with Gasteiger partial charge in [-0.3, -0.25) is 4.79 Å². The summed E-state index contributed by atoms with van der Waals surface area (Å²) in [6.45, 7) is 14.3. The maximum atomic E-state index is 13.1. The molecule has 8 heteroatoms. The third-order valence-corrected chi connectivity index (χ3v) is 4.94. The van der Waals surface area contributed by atoms with Gasteiger partial charge in [-0.2, -0.15) is 5.10 Å². The number of piperidine rings is 1. The van der Waals surface area contributed by atoms with Crippen LogP contribution in [-0.4, -0.2) is 39.8 Å². The summed E-state index contributed by atoms with van der Waals surface area (Å²) in [6.07, 6.45) is 2.11. The molecule has 6 nitrogen and oxygen atoms in total. The molecule has 0 unspecified atom stereocenters. The van der Waals surface area contributed by atoms with Gasteiger partial charge in [0.1, 0.15) is 0 Å². The maximum absolute atomic E-state index is 13.1. The van der Waals surface area contributed by atoms with Crippen molar-refractivity contribution in [1.82, 2.24) is 25.4 Å². The van der Waals surface area contributed by atoms with Gasteiger partial charge in [0.2, 0.25) is 0 Å². The van der Waals surface area contributed by atoms with E-state index in [4.69, 9.17) is 10.1 Å². The van der Waals surface area contributed by atoms with E-state index in [-0.39, 0.29) is 48.2 Å². The van der Waals surface area contributed by atoms with Crippen molar-refractivity contribution in [3.63, 3.8) is 0 Å². The van der Waals surface area contributed by atoms with Gasteiger partial charge >= 0.3 is 0 Å². The Bertz CT molecular complexity index is 820. The largest absolute Gasteiger partial charge is 0.348 e. The number of amides is 1. The summed E-state index contributed by atoms with van der Waals surface area (Å²) < 4.78 is 1.95. The molecule has 0 saturated carbocycles. The highest BCUT2D eigenvalue weighted by atomic mass is 35.5. The van der Waals surface area contributed by atoms with E-state index in [1.807, 2.05) is 17.7 Å². The van der Waals surface area contributed by atoms with Gasteiger partial charge in [-0.25, -0.2) is 9.67 Å². The second-order valence-electron chi connectivity index (χ2n) is 8.63. The zero-order valence-corrected chi connectivity index (χ0v) is 19.3. The first-order valence-corrected chi connectivity index (χ1v) is 9.61. The van der Waals surface area contributed by atoms with Gasteiger partial charge < -0.3 is 10.6 Å². The molecule has 2 aromatic heterocycles. The smallest absolute Gasteiger partial charge is 0.252 e. The number of hydrogen-bond acceptors (Lipinski definition) is 4. The summed E-state index contributed by atoms with van der Waals surface area (Å²) >= 11 is 0. The Balaban J connectivity index is 0.00000196. The molecule has 1 atom stereocenters. The van der Waals surface area contributed by atoms with Gasteiger partial charge in [-0.1, -0.05) is 13.8 Å². The Morgan fingerprint density at radius 3 is 2.54 bits per heavy atom. The molecule has 2 N–H and O–H groups in total. The quantitative estimate of drug-likeness (QED) is 0.774. The Morgan fingerprint density at radius 1 is 1.32 bits per heavy atom. The molecule has 1 aliphatic rings. The summed E-state index contributed by atoms with van der Waals surface area (Å²) in [6, 6.07) is 2.13. The predicted molar refractivity (Wildman–Crippen MR) is 119 cm³/mol. The number of carbonyl (C=O) groups excluding carboxylic acids is 1. The maximum Gasteiger partial charge on any atom is 0.252 e. The number of halogens is 2. The number of rotatable bonds is 3. The lowest BCUT2D eigenvalue weighted by Crippen LogP contribution is -2.45. The number of pyridine rings is 1. The third-order valence-electron chi connectivity index (χ3n) is 4.94. The van der Waals surface area contributed by atoms with Crippen LogP contribution in [0.15, 0.2) is 6.07 Å². The molecule has 158 valence electrons. The highest BCUT2D eigenvalue weighted by Crippen LogP contribution is 2.29. The first-order valence-electron chi connectivity index (χ1n) is 9.61. The Kier molecular flexibility index (Phi) is 8.30. The van der Waals surface area contributed by atoms with E-state index < -0.39 is 0 Å². The van der Waals surface area contributed by atoms with E-state index in [0.717, 1.165) is 48.4 Å². The second kappa shape index (κ2) is 9.42. The second-order valence-corrected chi connectivity index (χ2v) is 8.63. The van der Waals surface area contributed by atoms with E-state index in [9.17, 15) is 4.79 Å². The number of nitrogens with zero attached hydrogens (tertiary/aromatic N) is 3. The normalized spacial score (nSPS) is 17.2. The van der Waals surface area contributed by atoms with Crippen LogP contribution in [0.25, 0.3) is 11.0 Å². The summed E-state index contributed by atoms with van der Waals surface area (Å²) in [7, 11) is 0. The van der Waals surface area contributed by atoms with Crippen LogP contribution in [0.1, 0.15) is 75.1 Å². The molecule has 0 aromatic carbocycles. The molecule has 3 rings (SSSR count). The molecule has 1 amide bonds. The van der Waals surface area contributed by atoms with Crippen molar-refractivity contribution in [3.8, 4) is 0 Å². The van der Waals surface area contributed by atoms with Gasteiger partial charge in [-0.05, 0) is 59.1 Å². The van der Waals surface area contributed by atoms with Crippen molar-refractivity contribution in [2.45, 2.75) is 71.9 Å². The fraction of sp³-hybridized carbons (Fsp3) is 0.650. The van der Waals surface area contributed by atoms with Crippen molar-refractivity contribution in [3.05, 3.63) is 23.0 Å². The Hall–Kier alpha value is -1.37. The SMILES string of the molecule is Cc1nn(C(C)(C)C)c2nc(C(C)C)cc(C(=O)N[C@H]3CCCNC3)c12.Cl.Cl. The fourth-order valence-electron chi connectivity index (χ4n) is 3.49. The van der Waals surface area contributed by atoms with Crippen LogP contribution in [0.2, 0.25) is 0 Å². The number of fused-ring (bicyclic) bond motifs is 1. The van der Waals surface area contributed by atoms with Crippen molar-refractivity contribution in [2.75, 3.05) is 13.1 Å². The van der Waals surface area contributed by atoms with Crippen LogP contribution in [0.3, 0.4) is 0 Å². The molecule has 0 spiro atoms. The molecule has 1 aliphatic heterocycles. The lowest BCUT2D eigenvalue weighted by atomic mass is 10.0. The molecule has 0 radical (unpaired) electrons. The van der Waals surface area contributed by atoms with E-state index in [1.54, 1.807) is 0 Å². The van der Waals surface area contributed by atoms with Crippen LogP contribution in [0, 0.1) is 6.92 Å². The standard InChI is InChI=1S/C20H31N5O.2ClH/c1-12(2)16-10-15(19(26)22-14-8-7-9-21-11-14)17-13(3)24-25(18(17)23-16)20(4,5)6;;/h10,12,14,21H,7-9,11H2,1-6H3,(H,22,26);2*1H/t14-;;/m0../s1. The molecule has 28 heavy (non-hydrogen) atoms. The number of hydrogen-bond donors (Lipinski definition) is 2. The van der Waals surface area contributed by atoms with Gasteiger partial charge in [-0.15, -0.1) is 24.8 Å². The number of carbonyl (C=O) groups is 1. The summed E-state index contributed by atoms with van der Waals surface area (Å²) in [5, 5.41) is 12.1. The van der Waals surface area contributed by atoms with Gasteiger partial charge in [0.15, 0.2) is 5.65 Å². The van der Waals surface area contributed by atoms with Crippen LogP contribution in [0.4, 0.5) is 0 Å². The lowest BCUT2D eigenvalue weighted by molar-refractivity contribution is 0.0932. The van der Waals surface area contributed by atoms with E-state index in [2.05, 4.69) is 45.3 Å². The summed E-state index contributed by atoms with van der Waals surface area (Å²) in [4.78, 5) is 18.0. The fourth-order valence-corrected chi connectivity index (χ4v) is 3.49. The van der Waals surface area contributed by atoms with Crippen LogP contribution in [0.5, 0.6) is 0 Å². The minimum absolute atomic E-state index is 0. The van der Waals surface area contributed by atoms with E-state index >= 15 is 0 Å². The topological polar surface area (TPSA) is 71.8 Å². The third kappa shape index (κ3) is 4.97. The molecule has 2 aromatic rings. The molecular weight excluding hydrogens is 397 g/mol. The number of nitrogens with one attached hydrogen (secondary N) is 2. The van der Waals surface area contributed by atoms with E-state index in [1.165, 1.54) is 0 Å². The van der Waals surface area contributed by atoms with Crippen molar-refractivity contribution < 1.29 is 4.79 Å². The van der Waals surface area contributed by atoms with E-state index in [0.29, 0.717) is 5.56 Å². The minimum atomic E-state index is -0.198. The summed E-state index contributed by atoms with van der Waals surface area (Å²) in [5.41, 5.74) is 3.07. The Morgan fingerprint density at radius 2 is 2.00 bits per heavy atom. The zero-order chi connectivity index (χ0) is 19.1. The lowest BCUT2D eigenvalue weighted by Gasteiger charge is -2.24. The molecule has 3 heterocycles. The first-order chi connectivity index (χ1) is 12.2. The highest BCUT2D eigenvalue weighted by molar-refractivity contribution is 6.06. The zero-order valence-electron chi connectivity index (χ0n) is 17.6. The van der Waals surface area contributed by atoms with Gasteiger partial charge in [0.25, 0.3) is 5.91 Å². The summed E-state index contributed by atoms with van der Waals surface area (Å²) in [5.74, 6) is 0.218. The molecule has 1 fully saturated rings. The van der Waals surface area contributed by atoms with Gasteiger partial charge in [0, 0.05) is 18.3 Å². The monoisotopic (exact) mass is 429 g/mol. The first kappa shape index (κ1) is 24.7. The van der Waals surface area contributed by atoms with Crippen molar-refractivity contribution in [1.29, 1.82) is 0 Å². The predicted octanol–water partition coefficient (Wildman–Crippen LogP) is 3.94. The molecule has 1 saturated heterocycles. The average molecular weight is 430 g/mol. The average Bonchev–Trinajstić information content (AvgIpc) is 2.92. The van der Waals surface area contributed by atoms with Crippen molar-refractivity contribution >= 4 is 41.8 Å². The number of aromatic nitrogens is 3. The molecule has 0 aliphatic carbocycles. The molecular formula is C20H33Cl2N5O. The number of aryl methyl sites for hydroxylation is 1.